The van der Waals surface area contributed by atoms with Crippen molar-refractivity contribution in [2.75, 3.05) is 6.54 Å². The molecule has 22 heavy (non-hydrogen) atoms. The van der Waals surface area contributed by atoms with E-state index in [1.165, 1.54) is 12.1 Å². The van der Waals surface area contributed by atoms with Gasteiger partial charge in [0, 0.05) is 17.4 Å². The van der Waals surface area contributed by atoms with Crippen LogP contribution < -0.4 is 5.73 Å². The van der Waals surface area contributed by atoms with Crippen LogP contribution in [0, 0.1) is 17.1 Å². The van der Waals surface area contributed by atoms with Crippen molar-refractivity contribution in [3.63, 3.8) is 0 Å². The highest BCUT2D eigenvalue weighted by molar-refractivity contribution is 5.99. The number of nitriles is 1. The van der Waals surface area contributed by atoms with Crippen molar-refractivity contribution >= 4 is 10.8 Å². The molecule has 1 heterocycles. The average Bonchev–Trinajstić information content (AvgIpc) is 2.54. The fourth-order valence-corrected chi connectivity index (χ4v) is 2.68. The Hall–Kier alpha value is -2.77. The first-order valence-electron chi connectivity index (χ1n) is 7.02. The molecule has 0 atom stereocenters. The summed E-state index contributed by atoms with van der Waals surface area (Å²) in [6, 6.07) is 16.1. The zero-order chi connectivity index (χ0) is 15.5. The summed E-state index contributed by atoms with van der Waals surface area (Å²) in [6.07, 6.45) is 0.533. The van der Waals surface area contributed by atoms with E-state index in [-0.39, 0.29) is 5.82 Å². The zero-order valence-corrected chi connectivity index (χ0v) is 11.9. The Morgan fingerprint density at radius 3 is 2.55 bits per heavy atom. The Labute approximate surface area is 127 Å². The molecule has 0 aliphatic heterocycles. The number of fused-ring (bicyclic) bond motifs is 1. The van der Waals surface area contributed by atoms with E-state index in [1.807, 2.05) is 30.3 Å². The third kappa shape index (κ3) is 2.43. The SMILES string of the molecule is N#Cc1nc(CCN)c(-c2cccc(F)c2)c2ccccc12. The quantitative estimate of drug-likeness (QED) is 0.804. The van der Waals surface area contributed by atoms with Gasteiger partial charge in [0.15, 0.2) is 0 Å². The predicted octanol–water partition coefficient (Wildman–Crippen LogP) is 3.41. The number of rotatable bonds is 3. The van der Waals surface area contributed by atoms with E-state index in [2.05, 4.69) is 11.1 Å². The van der Waals surface area contributed by atoms with Gasteiger partial charge < -0.3 is 5.73 Å². The molecule has 0 unspecified atom stereocenters. The molecular formula is C18H14FN3. The van der Waals surface area contributed by atoms with Crippen molar-refractivity contribution in [2.24, 2.45) is 5.73 Å². The predicted molar refractivity (Wildman–Crippen MR) is 84.6 cm³/mol. The molecule has 108 valence electrons. The van der Waals surface area contributed by atoms with Crippen molar-refractivity contribution in [2.45, 2.75) is 6.42 Å². The van der Waals surface area contributed by atoms with E-state index in [0.29, 0.717) is 18.7 Å². The first kappa shape index (κ1) is 14.2. The summed E-state index contributed by atoms with van der Waals surface area (Å²) in [7, 11) is 0. The Balaban J connectivity index is 2.41. The zero-order valence-electron chi connectivity index (χ0n) is 11.9. The molecule has 1 aromatic heterocycles. The molecule has 0 radical (unpaired) electrons. The lowest BCUT2D eigenvalue weighted by Crippen LogP contribution is -2.07. The smallest absolute Gasteiger partial charge is 0.148 e. The van der Waals surface area contributed by atoms with E-state index in [4.69, 9.17) is 5.73 Å². The van der Waals surface area contributed by atoms with Crippen LogP contribution in [0.2, 0.25) is 0 Å². The van der Waals surface area contributed by atoms with Crippen molar-refractivity contribution in [1.82, 2.24) is 4.98 Å². The lowest BCUT2D eigenvalue weighted by Gasteiger charge is -2.13. The maximum Gasteiger partial charge on any atom is 0.148 e. The van der Waals surface area contributed by atoms with Gasteiger partial charge in [-0.1, -0.05) is 36.4 Å². The number of benzene rings is 2. The normalized spacial score (nSPS) is 10.6. The number of nitrogens with two attached hydrogens (primary N) is 1. The molecule has 4 heteroatoms. The van der Waals surface area contributed by atoms with Gasteiger partial charge in [0.05, 0.1) is 5.69 Å². The first-order chi connectivity index (χ1) is 10.7. The summed E-state index contributed by atoms with van der Waals surface area (Å²) >= 11 is 0. The number of nitrogens with zero attached hydrogens (tertiary/aromatic N) is 2. The van der Waals surface area contributed by atoms with Crippen LogP contribution >= 0.6 is 0 Å². The minimum atomic E-state index is -0.301. The summed E-state index contributed by atoms with van der Waals surface area (Å²) in [5.74, 6) is -0.301. The summed E-state index contributed by atoms with van der Waals surface area (Å²) in [5.41, 5.74) is 8.37. The highest BCUT2D eigenvalue weighted by Gasteiger charge is 2.15. The molecule has 2 N–H and O–H groups in total. The van der Waals surface area contributed by atoms with Gasteiger partial charge in [0.1, 0.15) is 17.6 Å². The van der Waals surface area contributed by atoms with Crippen LogP contribution in [0.3, 0.4) is 0 Å². The van der Waals surface area contributed by atoms with E-state index in [9.17, 15) is 9.65 Å². The molecule has 0 fully saturated rings. The van der Waals surface area contributed by atoms with Crippen LogP contribution in [-0.4, -0.2) is 11.5 Å². The molecule has 0 aliphatic carbocycles. The van der Waals surface area contributed by atoms with Crippen LogP contribution in [-0.2, 0) is 6.42 Å². The van der Waals surface area contributed by atoms with Gasteiger partial charge in [-0.15, -0.1) is 0 Å². The van der Waals surface area contributed by atoms with Gasteiger partial charge in [-0.25, -0.2) is 9.37 Å². The monoisotopic (exact) mass is 291 g/mol. The summed E-state index contributed by atoms with van der Waals surface area (Å²) < 4.78 is 13.6. The highest BCUT2D eigenvalue weighted by atomic mass is 19.1. The maximum atomic E-state index is 13.6. The highest BCUT2D eigenvalue weighted by Crippen LogP contribution is 2.33. The Bertz CT molecular complexity index is 881. The fourth-order valence-electron chi connectivity index (χ4n) is 2.68. The van der Waals surface area contributed by atoms with Gasteiger partial charge in [-0.2, -0.15) is 5.26 Å². The lowest BCUT2D eigenvalue weighted by molar-refractivity contribution is 0.628. The fraction of sp³-hybridized carbons (Fsp3) is 0.111. The average molecular weight is 291 g/mol. The lowest BCUT2D eigenvalue weighted by atomic mass is 9.94. The Kier molecular flexibility index (Phi) is 3.82. The minimum absolute atomic E-state index is 0.301. The van der Waals surface area contributed by atoms with E-state index >= 15 is 0 Å². The maximum absolute atomic E-state index is 13.6. The molecule has 0 aliphatic rings. The molecule has 0 amide bonds. The van der Waals surface area contributed by atoms with Crippen molar-refractivity contribution < 1.29 is 4.39 Å². The van der Waals surface area contributed by atoms with Crippen LogP contribution in [0.25, 0.3) is 21.9 Å². The number of halogens is 1. The van der Waals surface area contributed by atoms with Crippen molar-refractivity contribution in [1.29, 1.82) is 5.26 Å². The molecule has 0 spiro atoms. The largest absolute Gasteiger partial charge is 0.330 e. The van der Waals surface area contributed by atoms with Gasteiger partial charge in [0.25, 0.3) is 0 Å². The molecule has 3 rings (SSSR count). The molecule has 0 saturated carbocycles. The van der Waals surface area contributed by atoms with E-state index < -0.39 is 0 Å². The Morgan fingerprint density at radius 1 is 1.09 bits per heavy atom. The molecule has 2 aromatic carbocycles. The molecule has 3 nitrogen and oxygen atoms in total. The summed E-state index contributed by atoms with van der Waals surface area (Å²) in [5, 5.41) is 11.0. The topological polar surface area (TPSA) is 62.7 Å². The third-order valence-electron chi connectivity index (χ3n) is 3.59. The molecular weight excluding hydrogens is 277 g/mol. The second kappa shape index (κ2) is 5.92. The van der Waals surface area contributed by atoms with E-state index in [0.717, 1.165) is 27.6 Å². The molecule has 0 bridgehead atoms. The number of pyridine rings is 1. The van der Waals surface area contributed by atoms with Crippen LogP contribution in [0.1, 0.15) is 11.4 Å². The molecule has 3 aromatic rings. The number of hydrogen-bond donors (Lipinski definition) is 1. The van der Waals surface area contributed by atoms with Crippen molar-refractivity contribution in [3.05, 3.63) is 65.7 Å². The second-order valence-electron chi connectivity index (χ2n) is 4.99. The van der Waals surface area contributed by atoms with Gasteiger partial charge >= 0.3 is 0 Å². The first-order valence-corrected chi connectivity index (χ1v) is 7.02. The Morgan fingerprint density at radius 2 is 1.86 bits per heavy atom. The van der Waals surface area contributed by atoms with Crippen molar-refractivity contribution in [3.8, 4) is 17.2 Å². The van der Waals surface area contributed by atoms with Crippen LogP contribution in [0.5, 0.6) is 0 Å². The standard InChI is InChI=1S/C18H14FN3/c19-13-5-3-4-12(10-13)18-15-7-2-1-6-14(15)17(11-21)22-16(18)8-9-20/h1-7,10H,8-9,20H2. The second-order valence-corrected chi connectivity index (χ2v) is 4.99. The van der Waals surface area contributed by atoms with E-state index in [1.54, 1.807) is 6.07 Å². The third-order valence-corrected chi connectivity index (χ3v) is 3.59. The molecule has 0 saturated heterocycles. The summed E-state index contributed by atoms with van der Waals surface area (Å²) in [4.78, 5) is 4.45. The minimum Gasteiger partial charge on any atom is -0.330 e. The number of hydrogen-bond acceptors (Lipinski definition) is 3. The van der Waals surface area contributed by atoms with Gasteiger partial charge in [-0.05, 0) is 29.6 Å². The van der Waals surface area contributed by atoms with Crippen LogP contribution in [0.15, 0.2) is 48.5 Å². The van der Waals surface area contributed by atoms with Gasteiger partial charge in [0.2, 0.25) is 0 Å². The summed E-state index contributed by atoms with van der Waals surface area (Å²) in [6.45, 7) is 0.415. The van der Waals surface area contributed by atoms with Gasteiger partial charge in [-0.3, -0.25) is 0 Å². The number of aromatic nitrogens is 1. The van der Waals surface area contributed by atoms with Crippen LogP contribution in [0.4, 0.5) is 4.39 Å².